The highest BCUT2D eigenvalue weighted by Crippen LogP contribution is 2.44. The molecule has 0 radical (unpaired) electrons. The lowest BCUT2D eigenvalue weighted by atomic mass is 9.98. The Kier molecular flexibility index (Phi) is 7.21. The van der Waals surface area contributed by atoms with Gasteiger partial charge in [-0.1, -0.05) is 26.0 Å². The number of methoxy groups -OCH3 is 1. The molecule has 1 atom stereocenters. The molecule has 1 fully saturated rings. The molecule has 3 amide bonds. The van der Waals surface area contributed by atoms with Crippen molar-refractivity contribution in [3.8, 4) is 0 Å². The summed E-state index contributed by atoms with van der Waals surface area (Å²) in [6.45, 7) is 7.23. The van der Waals surface area contributed by atoms with Crippen molar-refractivity contribution >= 4 is 29.4 Å². The van der Waals surface area contributed by atoms with Crippen molar-refractivity contribution in [2.24, 2.45) is 5.92 Å². The lowest BCUT2D eigenvalue weighted by Crippen LogP contribution is -2.62. The van der Waals surface area contributed by atoms with Crippen LogP contribution in [0.25, 0.3) is 0 Å². The van der Waals surface area contributed by atoms with E-state index in [1.165, 1.54) is 7.11 Å². The summed E-state index contributed by atoms with van der Waals surface area (Å²) in [6, 6.07) is 7.20. The standard InChI is InChI=1S/C24H33N3O5/c1-17(2)16-25(15-12-22(30)32-4)20(28)10-7-14-26-23(31)18-8-5-6-9-19(18)27-21(29)11-13-24(26,27)3/h5-6,8-9,17H,7,10-16H2,1-4H3. The van der Waals surface area contributed by atoms with Crippen molar-refractivity contribution in [2.75, 3.05) is 31.6 Å². The predicted octanol–water partition coefficient (Wildman–Crippen LogP) is 2.81. The zero-order valence-electron chi connectivity index (χ0n) is 19.4. The van der Waals surface area contributed by atoms with Gasteiger partial charge in [0, 0.05) is 32.5 Å². The molecule has 0 N–H and O–H groups in total. The second-order valence-electron chi connectivity index (χ2n) is 9.08. The van der Waals surface area contributed by atoms with Gasteiger partial charge in [-0.25, -0.2) is 0 Å². The van der Waals surface area contributed by atoms with E-state index in [-0.39, 0.29) is 42.5 Å². The fourth-order valence-electron chi connectivity index (χ4n) is 4.67. The van der Waals surface area contributed by atoms with Crippen molar-refractivity contribution in [3.05, 3.63) is 29.8 Å². The molecule has 8 nitrogen and oxygen atoms in total. The fourth-order valence-corrected chi connectivity index (χ4v) is 4.67. The van der Waals surface area contributed by atoms with Gasteiger partial charge < -0.3 is 14.5 Å². The molecule has 1 aromatic carbocycles. The van der Waals surface area contributed by atoms with Gasteiger partial charge in [0.25, 0.3) is 5.91 Å². The summed E-state index contributed by atoms with van der Waals surface area (Å²) < 4.78 is 4.69. The number of para-hydroxylation sites is 1. The van der Waals surface area contributed by atoms with Gasteiger partial charge >= 0.3 is 5.97 Å². The minimum atomic E-state index is -0.714. The predicted molar refractivity (Wildman–Crippen MR) is 120 cm³/mol. The minimum Gasteiger partial charge on any atom is -0.469 e. The number of ether oxygens (including phenoxy) is 1. The number of rotatable bonds is 9. The van der Waals surface area contributed by atoms with Gasteiger partial charge in [0.1, 0.15) is 5.66 Å². The zero-order valence-corrected chi connectivity index (χ0v) is 19.4. The summed E-state index contributed by atoms with van der Waals surface area (Å²) in [5, 5.41) is 0. The number of nitrogens with zero attached hydrogens (tertiary/aromatic N) is 3. The van der Waals surface area contributed by atoms with Gasteiger partial charge in [0.15, 0.2) is 0 Å². The molecule has 2 aliphatic heterocycles. The van der Waals surface area contributed by atoms with Gasteiger partial charge in [-0.15, -0.1) is 0 Å². The maximum absolute atomic E-state index is 13.3. The van der Waals surface area contributed by atoms with E-state index >= 15 is 0 Å². The van der Waals surface area contributed by atoms with Crippen LogP contribution in [0.1, 0.15) is 63.2 Å². The maximum Gasteiger partial charge on any atom is 0.307 e. The van der Waals surface area contributed by atoms with Crippen molar-refractivity contribution in [1.29, 1.82) is 0 Å². The van der Waals surface area contributed by atoms with Gasteiger partial charge in [-0.3, -0.25) is 24.1 Å². The smallest absolute Gasteiger partial charge is 0.307 e. The summed E-state index contributed by atoms with van der Waals surface area (Å²) in [4.78, 5) is 55.5. The summed E-state index contributed by atoms with van der Waals surface area (Å²) >= 11 is 0. The first-order chi connectivity index (χ1) is 15.2. The molecule has 8 heteroatoms. The molecule has 1 unspecified atom stereocenters. The van der Waals surface area contributed by atoms with E-state index in [2.05, 4.69) is 0 Å². The van der Waals surface area contributed by atoms with Crippen LogP contribution < -0.4 is 4.90 Å². The SMILES string of the molecule is COC(=O)CCN(CC(C)C)C(=O)CCCN1C(=O)c2ccccc2N2C(=O)CCC12C. The summed E-state index contributed by atoms with van der Waals surface area (Å²) in [7, 11) is 1.34. The van der Waals surface area contributed by atoms with Crippen molar-refractivity contribution in [2.45, 2.75) is 58.5 Å². The highest BCUT2D eigenvalue weighted by Gasteiger charge is 2.52. The Balaban J connectivity index is 1.69. The molecule has 0 bridgehead atoms. The second-order valence-corrected chi connectivity index (χ2v) is 9.08. The Hall–Kier alpha value is -2.90. The van der Waals surface area contributed by atoms with E-state index < -0.39 is 5.66 Å². The largest absolute Gasteiger partial charge is 0.469 e. The van der Waals surface area contributed by atoms with Crippen LogP contribution >= 0.6 is 0 Å². The van der Waals surface area contributed by atoms with Crippen molar-refractivity contribution in [3.63, 3.8) is 0 Å². The maximum atomic E-state index is 13.3. The van der Waals surface area contributed by atoms with Crippen LogP contribution in [0.15, 0.2) is 24.3 Å². The first-order valence-corrected chi connectivity index (χ1v) is 11.3. The molecule has 2 heterocycles. The third-order valence-electron chi connectivity index (χ3n) is 6.27. The summed E-state index contributed by atoms with van der Waals surface area (Å²) in [5.41, 5.74) is 0.473. The topological polar surface area (TPSA) is 87.2 Å². The number of anilines is 1. The zero-order chi connectivity index (χ0) is 23.5. The van der Waals surface area contributed by atoms with E-state index in [0.29, 0.717) is 50.1 Å². The van der Waals surface area contributed by atoms with Crippen molar-refractivity contribution < 1.29 is 23.9 Å². The highest BCUT2D eigenvalue weighted by atomic mass is 16.5. The molecule has 1 saturated heterocycles. The van der Waals surface area contributed by atoms with Gasteiger partial charge in [-0.2, -0.15) is 0 Å². The molecule has 0 aromatic heterocycles. The molecule has 174 valence electrons. The Bertz CT molecular complexity index is 899. The molecular weight excluding hydrogens is 410 g/mol. The van der Waals surface area contributed by atoms with Gasteiger partial charge in [0.2, 0.25) is 11.8 Å². The van der Waals surface area contributed by atoms with E-state index in [4.69, 9.17) is 4.74 Å². The number of amides is 3. The summed E-state index contributed by atoms with van der Waals surface area (Å²) in [5.74, 6) is -0.209. The molecule has 0 spiro atoms. The lowest BCUT2D eigenvalue weighted by Gasteiger charge is -2.48. The molecule has 2 aliphatic rings. The van der Waals surface area contributed by atoms with E-state index in [1.54, 1.807) is 26.8 Å². The average molecular weight is 444 g/mol. The average Bonchev–Trinajstić information content (AvgIpc) is 3.08. The number of hydrogen-bond donors (Lipinski definition) is 0. The molecule has 32 heavy (non-hydrogen) atoms. The fraction of sp³-hybridized carbons (Fsp3) is 0.583. The van der Waals surface area contributed by atoms with Crippen LogP contribution in [0, 0.1) is 5.92 Å². The molecule has 0 aliphatic carbocycles. The molecular formula is C24H33N3O5. The van der Waals surface area contributed by atoms with Crippen LogP contribution in [0.2, 0.25) is 0 Å². The minimum absolute atomic E-state index is 0.0134. The third kappa shape index (κ3) is 4.64. The van der Waals surface area contributed by atoms with E-state index in [9.17, 15) is 19.2 Å². The van der Waals surface area contributed by atoms with Gasteiger partial charge in [0.05, 0.1) is 24.8 Å². The number of carbonyl (C=O) groups is 4. The Labute approximate surface area is 189 Å². The first kappa shape index (κ1) is 23.8. The number of hydrogen-bond acceptors (Lipinski definition) is 5. The Morgan fingerprint density at radius 3 is 2.59 bits per heavy atom. The van der Waals surface area contributed by atoms with Gasteiger partial charge in [-0.05, 0) is 37.8 Å². The Morgan fingerprint density at radius 1 is 1.19 bits per heavy atom. The molecule has 3 rings (SSSR count). The number of esters is 1. The monoisotopic (exact) mass is 443 g/mol. The van der Waals surface area contributed by atoms with Crippen molar-refractivity contribution in [1.82, 2.24) is 9.80 Å². The quantitative estimate of drug-likeness (QED) is 0.548. The van der Waals surface area contributed by atoms with Crippen LogP contribution in [-0.4, -0.2) is 65.9 Å². The normalized spacial score (nSPS) is 19.8. The second kappa shape index (κ2) is 9.71. The Morgan fingerprint density at radius 2 is 1.91 bits per heavy atom. The van der Waals surface area contributed by atoms with Crippen LogP contribution in [0.5, 0.6) is 0 Å². The number of carbonyl (C=O) groups excluding carboxylic acids is 4. The lowest BCUT2D eigenvalue weighted by molar-refractivity contribution is -0.142. The number of benzene rings is 1. The van der Waals surface area contributed by atoms with Crippen LogP contribution in [0.3, 0.4) is 0 Å². The van der Waals surface area contributed by atoms with Crippen LogP contribution in [-0.2, 0) is 19.1 Å². The highest BCUT2D eigenvalue weighted by molar-refractivity contribution is 6.10. The van der Waals surface area contributed by atoms with Crippen LogP contribution in [0.4, 0.5) is 5.69 Å². The van der Waals surface area contributed by atoms with E-state index in [0.717, 1.165) is 0 Å². The van der Waals surface area contributed by atoms with E-state index in [1.807, 2.05) is 32.9 Å². The third-order valence-corrected chi connectivity index (χ3v) is 6.27. The molecule has 1 aromatic rings. The first-order valence-electron chi connectivity index (χ1n) is 11.3. The summed E-state index contributed by atoms with van der Waals surface area (Å²) in [6.07, 6.45) is 1.87. The molecule has 0 saturated carbocycles. The number of fused-ring (bicyclic) bond motifs is 3.